The van der Waals surface area contributed by atoms with Crippen molar-refractivity contribution >= 4 is 39.1 Å². The fraction of sp³-hybridized carbons (Fsp3) is 0.292. The maximum absolute atomic E-state index is 13.6. The molecule has 34 heavy (non-hydrogen) atoms. The molecule has 2 heterocycles. The van der Waals surface area contributed by atoms with Crippen LogP contribution >= 0.6 is 23.4 Å². The smallest absolute Gasteiger partial charge is 0.274 e. The molecule has 1 aliphatic heterocycles. The van der Waals surface area contributed by atoms with Gasteiger partial charge in [0.1, 0.15) is 5.82 Å². The minimum Gasteiger partial charge on any atom is -0.329 e. The van der Waals surface area contributed by atoms with E-state index in [0.29, 0.717) is 22.9 Å². The lowest BCUT2D eigenvalue weighted by Crippen LogP contribution is -2.41. The summed E-state index contributed by atoms with van der Waals surface area (Å²) in [5.41, 5.74) is 2.95. The molecule has 3 aromatic rings. The highest BCUT2D eigenvalue weighted by atomic mass is 35.5. The second kappa shape index (κ2) is 10.4. The quantitative estimate of drug-likeness (QED) is 0.332. The molecular weight excluding hydrogens is 497 g/mol. The predicted molar refractivity (Wildman–Crippen MR) is 131 cm³/mol. The summed E-state index contributed by atoms with van der Waals surface area (Å²) in [7, 11) is -3.24. The number of hydrogen-bond donors (Lipinski definition) is 0. The Kier molecular flexibility index (Phi) is 7.54. The van der Waals surface area contributed by atoms with E-state index < -0.39 is 21.8 Å². The molecule has 4 rings (SSSR count). The first-order chi connectivity index (χ1) is 16.2. The van der Waals surface area contributed by atoms with E-state index in [0.717, 1.165) is 11.1 Å². The van der Waals surface area contributed by atoms with Gasteiger partial charge in [-0.3, -0.25) is 4.79 Å². The number of rotatable bonds is 7. The molecule has 0 radical (unpaired) electrons. The molecule has 0 bridgehead atoms. The number of nitrogens with zero attached hydrogens (tertiary/aromatic N) is 3. The number of thioether (sulfide) groups is 1. The molecule has 2 aromatic carbocycles. The van der Waals surface area contributed by atoms with E-state index in [2.05, 4.69) is 16.0 Å². The molecule has 0 saturated carbocycles. The Bertz CT molecular complexity index is 1300. The van der Waals surface area contributed by atoms with Gasteiger partial charge in [-0.15, -0.1) is 0 Å². The van der Waals surface area contributed by atoms with Crippen LogP contribution in [0.1, 0.15) is 33.6 Å². The second-order valence-corrected chi connectivity index (χ2v) is 11.8. The maximum Gasteiger partial charge on any atom is 0.274 e. The molecule has 1 saturated heterocycles. The number of amides is 1. The largest absolute Gasteiger partial charge is 0.329 e. The van der Waals surface area contributed by atoms with Crippen LogP contribution in [0.25, 0.3) is 0 Å². The van der Waals surface area contributed by atoms with Crippen LogP contribution in [0.2, 0.25) is 5.02 Å². The van der Waals surface area contributed by atoms with Crippen molar-refractivity contribution in [1.82, 2.24) is 14.9 Å². The van der Waals surface area contributed by atoms with E-state index in [4.69, 9.17) is 11.6 Å². The molecule has 0 aliphatic carbocycles. The van der Waals surface area contributed by atoms with Crippen LogP contribution in [0.3, 0.4) is 0 Å². The Balaban J connectivity index is 1.59. The standard InChI is InChI=1S/C24H23ClFN3O3S2/c1-16-3-2-4-18(11-16)14-33-24-27-12-21(25)22(28-24)23(30)29(20-9-10-34(31,32)15-20)13-17-5-7-19(26)8-6-17/h2-8,11-12,20H,9-10,13-15H2,1H3. The molecule has 1 unspecified atom stereocenters. The zero-order chi connectivity index (χ0) is 24.3. The third-order valence-corrected chi connectivity index (χ3v) is 8.51. The van der Waals surface area contributed by atoms with Gasteiger partial charge in [0.2, 0.25) is 0 Å². The SMILES string of the molecule is Cc1cccc(CSc2ncc(Cl)c(C(=O)N(Cc3ccc(F)cc3)C3CCS(=O)(=O)C3)n2)c1. The molecule has 1 aromatic heterocycles. The lowest BCUT2D eigenvalue weighted by molar-refractivity contribution is 0.0674. The highest BCUT2D eigenvalue weighted by molar-refractivity contribution is 7.98. The third kappa shape index (κ3) is 6.14. The zero-order valence-corrected chi connectivity index (χ0v) is 20.8. The van der Waals surface area contributed by atoms with Crippen molar-refractivity contribution in [3.05, 3.63) is 88.0 Å². The van der Waals surface area contributed by atoms with Gasteiger partial charge in [-0.2, -0.15) is 0 Å². The van der Waals surface area contributed by atoms with Gasteiger partial charge in [0.05, 0.1) is 22.7 Å². The minimum atomic E-state index is -3.24. The molecule has 0 spiro atoms. The van der Waals surface area contributed by atoms with Crippen LogP contribution in [-0.4, -0.2) is 46.7 Å². The number of aryl methyl sites for hydroxylation is 1. The van der Waals surface area contributed by atoms with Crippen molar-refractivity contribution < 1.29 is 17.6 Å². The van der Waals surface area contributed by atoms with Crippen molar-refractivity contribution in [2.45, 2.75) is 36.8 Å². The minimum absolute atomic E-state index is 0.0139. The van der Waals surface area contributed by atoms with E-state index in [-0.39, 0.29) is 34.6 Å². The number of sulfone groups is 1. The molecule has 10 heteroatoms. The van der Waals surface area contributed by atoms with Gasteiger partial charge in [-0.25, -0.2) is 22.8 Å². The van der Waals surface area contributed by atoms with E-state index in [1.54, 1.807) is 12.1 Å². The fourth-order valence-electron chi connectivity index (χ4n) is 3.83. The molecular formula is C24H23ClFN3O3S2. The van der Waals surface area contributed by atoms with Gasteiger partial charge in [-0.05, 0) is 36.6 Å². The number of aromatic nitrogens is 2. The van der Waals surface area contributed by atoms with Crippen molar-refractivity contribution in [1.29, 1.82) is 0 Å². The molecule has 1 aliphatic rings. The molecule has 1 fully saturated rings. The van der Waals surface area contributed by atoms with Crippen LogP contribution < -0.4 is 0 Å². The van der Waals surface area contributed by atoms with Crippen molar-refractivity contribution in [2.75, 3.05) is 11.5 Å². The van der Waals surface area contributed by atoms with Gasteiger partial charge in [0, 0.05) is 18.3 Å². The van der Waals surface area contributed by atoms with Gasteiger partial charge in [0.15, 0.2) is 20.7 Å². The summed E-state index contributed by atoms with van der Waals surface area (Å²) in [5, 5.41) is 0.491. The molecule has 178 valence electrons. The summed E-state index contributed by atoms with van der Waals surface area (Å²) >= 11 is 7.69. The van der Waals surface area contributed by atoms with Crippen LogP contribution in [-0.2, 0) is 22.1 Å². The first-order valence-electron chi connectivity index (χ1n) is 10.7. The Morgan fingerprint density at radius 2 is 1.97 bits per heavy atom. The highest BCUT2D eigenvalue weighted by Crippen LogP contribution is 2.27. The summed E-state index contributed by atoms with van der Waals surface area (Å²) in [5.74, 6) is -0.357. The molecule has 0 N–H and O–H groups in total. The summed E-state index contributed by atoms with van der Waals surface area (Å²) in [6, 6.07) is 13.3. The van der Waals surface area contributed by atoms with Gasteiger partial charge >= 0.3 is 0 Å². The van der Waals surface area contributed by atoms with E-state index >= 15 is 0 Å². The van der Waals surface area contributed by atoms with E-state index in [1.807, 2.05) is 25.1 Å². The Morgan fingerprint density at radius 1 is 1.21 bits per heavy atom. The van der Waals surface area contributed by atoms with Crippen molar-refractivity contribution in [2.24, 2.45) is 0 Å². The Labute approximate surface area is 207 Å². The number of halogens is 2. The molecule has 6 nitrogen and oxygen atoms in total. The van der Waals surface area contributed by atoms with Crippen molar-refractivity contribution in [3.8, 4) is 0 Å². The zero-order valence-electron chi connectivity index (χ0n) is 18.4. The van der Waals surface area contributed by atoms with Gasteiger partial charge in [-0.1, -0.05) is 65.3 Å². The van der Waals surface area contributed by atoms with Crippen LogP contribution in [0.5, 0.6) is 0 Å². The highest BCUT2D eigenvalue weighted by Gasteiger charge is 2.36. The van der Waals surface area contributed by atoms with Gasteiger partial charge in [0.25, 0.3) is 5.91 Å². The monoisotopic (exact) mass is 519 g/mol. The summed E-state index contributed by atoms with van der Waals surface area (Å²) < 4.78 is 37.6. The number of carbonyl (C=O) groups is 1. The molecule has 1 amide bonds. The summed E-state index contributed by atoms with van der Waals surface area (Å²) in [6.07, 6.45) is 1.72. The predicted octanol–water partition coefficient (Wildman–Crippen LogP) is 4.70. The maximum atomic E-state index is 13.6. The number of carbonyl (C=O) groups excluding carboxylic acids is 1. The average molecular weight is 520 g/mol. The van der Waals surface area contributed by atoms with Gasteiger partial charge < -0.3 is 4.90 Å². The first kappa shape index (κ1) is 24.6. The Hall–Kier alpha value is -2.49. The summed E-state index contributed by atoms with van der Waals surface area (Å²) in [6.45, 7) is 2.13. The first-order valence-corrected chi connectivity index (χ1v) is 13.9. The summed E-state index contributed by atoms with van der Waals surface area (Å²) in [4.78, 5) is 23.7. The molecule has 1 atom stereocenters. The number of benzene rings is 2. The van der Waals surface area contributed by atoms with E-state index in [9.17, 15) is 17.6 Å². The second-order valence-electron chi connectivity index (χ2n) is 8.24. The topological polar surface area (TPSA) is 80.2 Å². The van der Waals surface area contributed by atoms with Crippen molar-refractivity contribution in [3.63, 3.8) is 0 Å². The lowest BCUT2D eigenvalue weighted by Gasteiger charge is -2.28. The van der Waals surface area contributed by atoms with Crippen LogP contribution in [0.4, 0.5) is 4.39 Å². The van der Waals surface area contributed by atoms with Crippen LogP contribution in [0.15, 0.2) is 59.9 Å². The Morgan fingerprint density at radius 3 is 2.65 bits per heavy atom. The van der Waals surface area contributed by atoms with Crippen LogP contribution in [0, 0.1) is 12.7 Å². The fourth-order valence-corrected chi connectivity index (χ4v) is 6.49. The average Bonchev–Trinajstić information content (AvgIpc) is 3.17. The lowest BCUT2D eigenvalue weighted by atomic mass is 10.1. The van der Waals surface area contributed by atoms with E-state index in [1.165, 1.54) is 35.0 Å². The normalized spacial score (nSPS) is 17.0. The number of hydrogen-bond acceptors (Lipinski definition) is 6. The third-order valence-electron chi connectivity index (χ3n) is 5.55.